The number of hydrogen-bond acceptors (Lipinski definition) is 4. The topological polar surface area (TPSA) is 88.7 Å². The van der Waals surface area contributed by atoms with Crippen LogP contribution in [0.3, 0.4) is 0 Å². The van der Waals surface area contributed by atoms with E-state index >= 15 is 0 Å². The fourth-order valence-electron chi connectivity index (χ4n) is 4.93. The minimum atomic E-state index is -0.906. The third-order valence-electron chi connectivity index (χ3n) is 6.88. The highest BCUT2D eigenvalue weighted by Gasteiger charge is 2.32. The number of aliphatic hydroxyl groups is 1. The number of rotatable bonds is 5. The van der Waals surface area contributed by atoms with E-state index in [1.54, 1.807) is 17.0 Å². The van der Waals surface area contributed by atoms with E-state index in [-0.39, 0.29) is 24.2 Å². The molecule has 0 saturated carbocycles. The van der Waals surface area contributed by atoms with E-state index in [4.69, 9.17) is 0 Å². The highest BCUT2D eigenvalue weighted by molar-refractivity contribution is 6.00. The van der Waals surface area contributed by atoms with Gasteiger partial charge in [-0.3, -0.25) is 9.59 Å². The van der Waals surface area contributed by atoms with Crippen molar-refractivity contribution < 1.29 is 14.7 Å². The molecule has 0 aliphatic carbocycles. The second kappa shape index (κ2) is 10.5. The maximum absolute atomic E-state index is 12.9. The van der Waals surface area contributed by atoms with Crippen LogP contribution in [0.15, 0.2) is 30.5 Å². The number of hydrogen-bond donors (Lipinski definition) is 3. The molecule has 2 aliphatic rings. The number of aliphatic hydroxyl groups excluding tert-OH is 1. The molecule has 0 bridgehead atoms. The van der Waals surface area contributed by atoms with Crippen LogP contribution in [-0.2, 0) is 4.79 Å². The summed E-state index contributed by atoms with van der Waals surface area (Å²) in [6.07, 6.45) is 6.33. The first-order chi connectivity index (χ1) is 14.5. The van der Waals surface area contributed by atoms with Gasteiger partial charge in [-0.2, -0.15) is 0 Å². The van der Waals surface area contributed by atoms with Crippen LogP contribution in [0.5, 0.6) is 0 Å². The zero-order valence-electron chi connectivity index (χ0n) is 18.0. The second-order valence-corrected chi connectivity index (χ2v) is 8.79. The minimum Gasteiger partial charge on any atom is -0.394 e. The molecule has 1 atom stereocenters. The highest BCUT2D eigenvalue weighted by Crippen LogP contribution is 2.32. The van der Waals surface area contributed by atoms with Crippen molar-refractivity contribution in [2.75, 3.05) is 39.8 Å². The number of fused-ring (bicyclic) bond motifs is 1. The summed E-state index contributed by atoms with van der Waals surface area (Å²) in [4.78, 5) is 32.8. The summed E-state index contributed by atoms with van der Waals surface area (Å²) >= 11 is 0. The van der Waals surface area contributed by atoms with Crippen molar-refractivity contribution >= 4 is 35.1 Å². The van der Waals surface area contributed by atoms with Crippen LogP contribution >= 0.6 is 12.4 Å². The molecule has 31 heavy (non-hydrogen) atoms. The van der Waals surface area contributed by atoms with E-state index in [1.165, 1.54) is 12.8 Å². The van der Waals surface area contributed by atoms with Gasteiger partial charge in [0.25, 0.3) is 5.91 Å². The molecular weight excluding hydrogens is 416 g/mol. The van der Waals surface area contributed by atoms with Gasteiger partial charge in [0, 0.05) is 30.4 Å². The Labute approximate surface area is 189 Å². The Kier molecular flexibility index (Phi) is 7.97. The van der Waals surface area contributed by atoms with Crippen LogP contribution in [-0.4, -0.2) is 77.6 Å². The van der Waals surface area contributed by atoms with Crippen LogP contribution in [0, 0.1) is 11.8 Å². The van der Waals surface area contributed by atoms with Gasteiger partial charge in [0.05, 0.1) is 6.61 Å². The standard InChI is InChI=1S/C23H32N4O3.ClH/c1-26-10-5-16(6-11-26)17-7-12-27(13-8-17)23(30)21(15-28)25-22(29)19-3-2-18-4-9-24-20(18)14-19;/h2-4,9,14,16-17,21,24,28H,5-8,10-13,15H2,1H3,(H,25,29);1H/t21-;/m1./s1. The highest BCUT2D eigenvalue weighted by atomic mass is 35.5. The van der Waals surface area contributed by atoms with Gasteiger partial charge in [-0.15, -0.1) is 12.4 Å². The lowest BCUT2D eigenvalue weighted by Crippen LogP contribution is -2.52. The lowest BCUT2D eigenvalue weighted by Gasteiger charge is -2.40. The Morgan fingerprint density at radius 1 is 1.10 bits per heavy atom. The lowest BCUT2D eigenvalue weighted by molar-refractivity contribution is -0.136. The number of likely N-dealkylation sites (tertiary alicyclic amines) is 2. The predicted octanol–water partition coefficient (Wildman–Crippen LogP) is 2.26. The van der Waals surface area contributed by atoms with E-state index in [9.17, 15) is 14.7 Å². The Hall–Kier alpha value is -2.09. The molecule has 8 heteroatoms. The van der Waals surface area contributed by atoms with Crippen molar-refractivity contribution in [3.8, 4) is 0 Å². The molecule has 2 fully saturated rings. The molecule has 0 spiro atoms. The van der Waals surface area contributed by atoms with E-state index in [0.29, 0.717) is 24.6 Å². The molecule has 1 aromatic carbocycles. The molecule has 170 valence electrons. The fraction of sp³-hybridized carbons (Fsp3) is 0.565. The second-order valence-electron chi connectivity index (χ2n) is 8.79. The summed E-state index contributed by atoms with van der Waals surface area (Å²) in [5, 5.41) is 13.5. The summed E-state index contributed by atoms with van der Waals surface area (Å²) in [6, 6.07) is 6.39. The molecule has 4 rings (SSSR count). The molecular formula is C23H33ClN4O3. The van der Waals surface area contributed by atoms with Gasteiger partial charge in [0.1, 0.15) is 6.04 Å². The number of benzene rings is 1. The summed E-state index contributed by atoms with van der Waals surface area (Å²) in [5.74, 6) is 0.904. The Morgan fingerprint density at radius 3 is 2.39 bits per heavy atom. The maximum atomic E-state index is 12.9. The third-order valence-corrected chi connectivity index (χ3v) is 6.88. The molecule has 0 unspecified atom stereocenters. The Morgan fingerprint density at radius 2 is 1.74 bits per heavy atom. The SMILES string of the molecule is CN1CCC(C2CCN(C(=O)[C@@H](CO)NC(=O)c3ccc4cc[nH]c4c3)CC2)CC1.Cl. The van der Waals surface area contributed by atoms with Gasteiger partial charge in [-0.05, 0) is 81.2 Å². The number of amides is 2. The van der Waals surface area contributed by atoms with Crippen LogP contribution < -0.4 is 5.32 Å². The number of halogens is 1. The molecule has 3 N–H and O–H groups in total. The third kappa shape index (κ3) is 5.40. The van der Waals surface area contributed by atoms with E-state index in [0.717, 1.165) is 42.8 Å². The first-order valence-electron chi connectivity index (χ1n) is 11.0. The number of aromatic amines is 1. The van der Waals surface area contributed by atoms with E-state index < -0.39 is 12.6 Å². The van der Waals surface area contributed by atoms with Gasteiger partial charge >= 0.3 is 0 Å². The maximum Gasteiger partial charge on any atom is 0.252 e. The molecule has 3 heterocycles. The van der Waals surface area contributed by atoms with Gasteiger partial charge in [-0.25, -0.2) is 0 Å². The summed E-state index contributed by atoms with van der Waals surface area (Å²) < 4.78 is 0. The molecule has 0 radical (unpaired) electrons. The molecule has 2 saturated heterocycles. The fourth-order valence-corrected chi connectivity index (χ4v) is 4.93. The average Bonchev–Trinajstić information content (AvgIpc) is 3.25. The van der Waals surface area contributed by atoms with Crippen LogP contribution in [0.2, 0.25) is 0 Å². The summed E-state index contributed by atoms with van der Waals surface area (Å²) in [7, 11) is 2.18. The number of aromatic nitrogens is 1. The van der Waals surface area contributed by atoms with Crippen molar-refractivity contribution in [1.82, 2.24) is 20.1 Å². The van der Waals surface area contributed by atoms with E-state index in [1.807, 2.05) is 18.3 Å². The number of nitrogens with zero attached hydrogens (tertiary/aromatic N) is 2. The monoisotopic (exact) mass is 448 g/mol. The molecule has 7 nitrogen and oxygen atoms in total. The predicted molar refractivity (Wildman–Crippen MR) is 123 cm³/mol. The summed E-state index contributed by atoms with van der Waals surface area (Å²) in [6.45, 7) is 3.34. The molecule has 1 aromatic heterocycles. The van der Waals surface area contributed by atoms with Gasteiger partial charge < -0.3 is 25.2 Å². The van der Waals surface area contributed by atoms with Gasteiger partial charge in [0.2, 0.25) is 5.91 Å². The molecule has 2 aromatic rings. The number of carbonyl (C=O) groups is 2. The summed E-state index contributed by atoms with van der Waals surface area (Å²) in [5.41, 5.74) is 1.34. The van der Waals surface area contributed by atoms with Crippen LogP contribution in [0.1, 0.15) is 36.0 Å². The quantitative estimate of drug-likeness (QED) is 0.654. The first kappa shape index (κ1) is 23.6. The van der Waals surface area contributed by atoms with Crippen molar-refractivity contribution in [2.45, 2.75) is 31.7 Å². The van der Waals surface area contributed by atoms with E-state index in [2.05, 4.69) is 22.2 Å². The number of nitrogens with one attached hydrogen (secondary N) is 2. The average molecular weight is 449 g/mol. The van der Waals surface area contributed by atoms with Crippen molar-refractivity contribution in [1.29, 1.82) is 0 Å². The number of piperidine rings is 2. The van der Waals surface area contributed by atoms with Crippen molar-refractivity contribution in [3.05, 3.63) is 36.0 Å². The molecule has 2 aliphatic heterocycles. The van der Waals surface area contributed by atoms with Crippen molar-refractivity contribution in [3.63, 3.8) is 0 Å². The zero-order chi connectivity index (χ0) is 21.1. The lowest BCUT2D eigenvalue weighted by atomic mass is 9.79. The Bertz CT molecular complexity index is 886. The zero-order valence-corrected chi connectivity index (χ0v) is 18.9. The Balaban J connectivity index is 0.00000272. The van der Waals surface area contributed by atoms with Gasteiger partial charge in [0.15, 0.2) is 0 Å². The number of H-pyrrole nitrogens is 1. The normalized spacial score (nSPS) is 19.7. The van der Waals surface area contributed by atoms with Gasteiger partial charge in [-0.1, -0.05) is 6.07 Å². The number of carbonyl (C=O) groups excluding carboxylic acids is 2. The van der Waals surface area contributed by atoms with Crippen LogP contribution in [0.4, 0.5) is 0 Å². The smallest absolute Gasteiger partial charge is 0.252 e. The largest absolute Gasteiger partial charge is 0.394 e. The van der Waals surface area contributed by atoms with Crippen molar-refractivity contribution in [2.24, 2.45) is 11.8 Å². The van der Waals surface area contributed by atoms with Crippen LogP contribution in [0.25, 0.3) is 10.9 Å². The first-order valence-corrected chi connectivity index (χ1v) is 11.0. The molecule has 2 amide bonds. The minimum absolute atomic E-state index is 0.